The standard InChI is InChI=1S/C19H23FN2O3S/c1-4-5-12-22(3)19(23)16-13-15(11-10-14(16)2)26(24,25)21-18-9-7-6-8-17(18)20/h6-11,13,21H,4-5,12H2,1-3H3. The van der Waals surface area contributed by atoms with Crippen LogP contribution in [0.2, 0.25) is 0 Å². The smallest absolute Gasteiger partial charge is 0.262 e. The van der Waals surface area contributed by atoms with Gasteiger partial charge >= 0.3 is 0 Å². The summed E-state index contributed by atoms with van der Waals surface area (Å²) in [4.78, 5) is 14.1. The van der Waals surface area contributed by atoms with E-state index in [1.165, 1.54) is 36.4 Å². The van der Waals surface area contributed by atoms with Crippen molar-refractivity contribution in [2.75, 3.05) is 18.3 Å². The first kappa shape index (κ1) is 19.9. The third-order valence-corrected chi connectivity index (χ3v) is 5.42. The molecule has 0 aliphatic rings. The molecule has 5 nitrogen and oxygen atoms in total. The van der Waals surface area contributed by atoms with Crippen LogP contribution in [-0.4, -0.2) is 32.8 Å². The van der Waals surface area contributed by atoms with Crippen LogP contribution in [0, 0.1) is 12.7 Å². The summed E-state index contributed by atoms with van der Waals surface area (Å²) in [5, 5.41) is 0. The van der Waals surface area contributed by atoms with E-state index in [-0.39, 0.29) is 16.5 Å². The van der Waals surface area contributed by atoms with Crippen LogP contribution in [0.25, 0.3) is 0 Å². The van der Waals surface area contributed by atoms with Gasteiger partial charge in [0, 0.05) is 19.2 Å². The van der Waals surface area contributed by atoms with Crippen LogP contribution < -0.4 is 4.72 Å². The number of amides is 1. The number of unbranched alkanes of at least 4 members (excludes halogenated alkanes) is 1. The molecule has 0 aliphatic heterocycles. The molecule has 1 N–H and O–H groups in total. The van der Waals surface area contributed by atoms with Crippen molar-refractivity contribution in [2.45, 2.75) is 31.6 Å². The zero-order valence-corrected chi connectivity index (χ0v) is 15.9. The van der Waals surface area contributed by atoms with Gasteiger partial charge in [0.05, 0.1) is 10.6 Å². The number of hydrogen-bond acceptors (Lipinski definition) is 3. The maximum atomic E-state index is 13.7. The molecule has 0 aliphatic carbocycles. The maximum absolute atomic E-state index is 13.7. The highest BCUT2D eigenvalue weighted by Gasteiger charge is 2.21. The summed E-state index contributed by atoms with van der Waals surface area (Å²) < 4.78 is 41.1. The van der Waals surface area contributed by atoms with Crippen molar-refractivity contribution in [3.8, 4) is 0 Å². The molecule has 0 radical (unpaired) electrons. The SMILES string of the molecule is CCCCN(C)C(=O)c1cc(S(=O)(=O)Nc2ccccc2F)ccc1C. The number of para-hydroxylation sites is 1. The number of nitrogens with zero attached hydrogens (tertiary/aromatic N) is 1. The summed E-state index contributed by atoms with van der Waals surface area (Å²) in [6, 6.07) is 9.84. The Labute approximate surface area is 153 Å². The van der Waals surface area contributed by atoms with Gasteiger partial charge in [-0.05, 0) is 43.2 Å². The normalized spacial score (nSPS) is 11.2. The summed E-state index contributed by atoms with van der Waals surface area (Å²) in [5.74, 6) is -0.905. The second kappa shape index (κ2) is 8.31. The zero-order chi connectivity index (χ0) is 19.3. The second-order valence-corrected chi connectivity index (χ2v) is 7.82. The van der Waals surface area contributed by atoms with Crippen molar-refractivity contribution in [3.05, 3.63) is 59.4 Å². The zero-order valence-electron chi connectivity index (χ0n) is 15.1. The molecule has 2 aromatic rings. The molecule has 0 aromatic heterocycles. The molecule has 0 unspecified atom stereocenters. The highest BCUT2D eigenvalue weighted by atomic mass is 32.2. The number of hydrogen-bond donors (Lipinski definition) is 1. The molecule has 0 spiro atoms. The predicted molar refractivity (Wildman–Crippen MR) is 100 cm³/mol. The Kier molecular flexibility index (Phi) is 6.37. The number of carbonyl (C=O) groups excluding carboxylic acids is 1. The summed E-state index contributed by atoms with van der Waals surface area (Å²) in [6.45, 7) is 4.38. The van der Waals surface area contributed by atoms with Gasteiger partial charge in [0.1, 0.15) is 5.82 Å². The van der Waals surface area contributed by atoms with Crippen LogP contribution in [0.3, 0.4) is 0 Å². The van der Waals surface area contributed by atoms with Gasteiger partial charge < -0.3 is 4.90 Å². The van der Waals surface area contributed by atoms with Gasteiger partial charge in [-0.25, -0.2) is 12.8 Å². The topological polar surface area (TPSA) is 66.5 Å². The van der Waals surface area contributed by atoms with Crippen LogP contribution in [0.15, 0.2) is 47.4 Å². The van der Waals surface area contributed by atoms with E-state index < -0.39 is 15.8 Å². The monoisotopic (exact) mass is 378 g/mol. The molecule has 0 bridgehead atoms. The molecule has 0 heterocycles. The molecule has 0 saturated carbocycles. The van der Waals surface area contributed by atoms with Crippen LogP contribution >= 0.6 is 0 Å². The molecule has 0 saturated heterocycles. The van der Waals surface area contributed by atoms with Crippen LogP contribution in [0.4, 0.5) is 10.1 Å². The van der Waals surface area contributed by atoms with Crippen molar-refractivity contribution in [1.29, 1.82) is 0 Å². The average molecular weight is 378 g/mol. The Balaban J connectivity index is 2.33. The third kappa shape index (κ3) is 4.60. The van der Waals surface area contributed by atoms with Gasteiger partial charge in [-0.15, -0.1) is 0 Å². The number of aryl methyl sites for hydroxylation is 1. The first-order valence-corrected chi connectivity index (χ1v) is 9.88. The van der Waals surface area contributed by atoms with Gasteiger partial charge in [0.15, 0.2) is 0 Å². The minimum Gasteiger partial charge on any atom is -0.342 e. The Morgan fingerprint density at radius 3 is 2.54 bits per heavy atom. The van der Waals surface area contributed by atoms with Crippen LogP contribution in [0.1, 0.15) is 35.7 Å². The average Bonchev–Trinajstić information content (AvgIpc) is 2.61. The van der Waals surface area contributed by atoms with E-state index in [1.54, 1.807) is 24.9 Å². The van der Waals surface area contributed by atoms with Crippen molar-refractivity contribution in [2.24, 2.45) is 0 Å². The first-order valence-electron chi connectivity index (χ1n) is 8.39. The summed E-state index contributed by atoms with van der Waals surface area (Å²) >= 11 is 0. The molecule has 0 fully saturated rings. The summed E-state index contributed by atoms with van der Waals surface area (Å²) in [6.07, 6.45) is 1.83. The fourth-order valence-electron chi connectivity index (χ4n) is 2.45. The maximum Gasteiger partial charge on any atom is 0.262 e. The molecule has 140 valence electrons. The van der Waals surface area contributed by atoms with Crippen LogP contribution in [0.5, 0.6) is 0 Å². The molecule has 1 amide bonds. The minimum absolute atomic E-state index is 0.0846. The fraction of sp³-hybridized carbons (Fsp3) is 0.316. The first-order chi connectivity index (χ1) is 12.3. The number of nitrogens with one attached hydrogen (secondary N) is 1. The highest BCUT2D eigenvalue weighted by molar-refractivity contribution is 7.92. The lowest BCUT2D eigenvalue weighted by Gasteiger charge is -2.19. The largest absolute Gasteiger partial charge is 0.342 e. The summed E-state index contributed by atoms with van der Waals surface area (Å²) in [7, 11) is -2.32. The number of sulfonamides is 1. The van der Waals surface area contributed by atoms with Gasteiger partial charge in [-0.3, -0.25) is 9.52 Å². The molecule has 2 aromatic carbocycles. The van der Waals surface area contributed by atoms with Crippen molar-refractivity contribution >= 4 is 21.6 Å². The predicted octanol–water partition coefficient (Wildman–Crippen LogP) is 3.81. The van der Waals surface area contributed by atoms with Crippen molar-refractivity contribution in [1.82, 2.24) is 4.90 Å². The quantitative estimate of drug-likeness (QED) is 0.797. The molecule has 26 heavy (non-hydrogen) atoms. The van der Waals surface area contributed by atoms with Gasteiger partial charge in [-0.2, -0.15) is 0 Å². The van der Waals surface area contributed by atoms with E-state index >= 15 is 0 Å². The number of carbonyl (C=O) groups is 1. The Bertz CT molecular complexity index is 897. The number of benzene rings is 2. The Morgan fingerprint density at radius 1 is 1.19 bits per heavy atom. The van der Waals surface area contributed by atoms with Gasteiger partial charge in [0.2, 0.25) is 0 Å². The number of anilines is 1. The Morgan fingerprint density at radius 2 is 1.88 bits per heavy atom. The molecular formula is C19H23FN2O3S. The lowest BCUT2D eigenvalue weighted by Crippen LogP contribution is -2.28. The Hall–Kier alpha value is -2.41. The minimum atomic E-state index is -4.01. The lowest BCUT2D eigenvalue weighted by atomic mass is 10.1. The summed E-state index contributed by atoms with van der Waals surface area (Å²) in [5.41, 5.74) is 0.865. The number of rotatable bonds is 7. The van der Waals surface area contributed by atoms with E-state index in [0.29, 0.717) is 17.7 Å². The van der Waals surface area contributed by atoms with E-state index in [4.69, 9.17) is 0 Å². The lowest BCUT2D eigenvalue weighted by molar-refractivity contribution is 0.0792. The number of halogens is 1. The molecular weight excluding hydrogens is 355 g/mol. The van der Waals surface area contributed by atoms with Crippen molar-refractivity contribution in [3.63, 3.8) is 0 Å². The van der Waals surface area contributed by atoms with E-state index in [1.807, 2.05) is 6.92 Å². The fourth-order valence-corrected chi connectivity index (χ4v) is 3.54. The van der Waals surface area contributed by atoms with E-state index in [0.717, 1.165) is 12.8 Å². The van der Waals surface area contributed by atoms with Gasteiger partial charge in [0.25, 0.3) is 15.9 Å². The molecule has 0 atom stereocenters. The van der Waals surface area contributed by atoms with E-state index in [2.05, 4.69) is 4.72 Å². The molecule has 7 heteroatoms. The molecule has 2 rings (SSSR count). The third-order valence-electron chi connectivity index (χ3n) is 4.06. The van der Waals surface area contributed by atoms with E-state index in [9.17, 15) is 17.6 Å². The van der Waals surface area contributed by atoms with Gasteiger partial charge in [-0.1, -0.05) is 31.5 Å². The van der Waals surface area contributed by atoms with Crippen LogP contribution in [-0.2, 0) is 10.0 Å². The van der Waals surface area contributed by atoms with Crippen molar-refractivity contribution < 1.29 is 17.6 Å². The highest BCUT2D eigenvalue weighted by Crippen LogP contribution is 2.22. The second-order valence-electron chi connectivity index (χ2n) is 6.14.